The highest BCUT2D eigenvalue weighted by Crippen LogP contribution is 2.24. The summed E-state index contributed by atoms with van der Waals surface area (Å²) in [6.45, 7) is 2.49. The molecule has 0 aliphatic rings. The smallest absolute Gasteiger partial charge is 0.338 e. The number of carbonyl (C=O) groups is 2. The average molecular weight is 514 g/mol. The molecular formula is C19H19IN2O5S-. The predicted molar refractivity (Wildman–Crippen MR) is 100 cm³/mol. The second-order valence-electron chi connectivity index (χ2n) is 5.96. The van der Waals surface area contributed by atoms with Gasteiger partial charge in [-0.1, -0.05) is 13.0 Å². The molecule has 1 radical (unpaired) electrons. The molecule has 2 heterocycles. The third-order valence-electron chi connectivity index (χ3n) is 3.98. The highest BCUT2D eigenvalue weighted by Gasteiger charge is 2.19. The largest absolute Gasteiger partial charge is 0.787 e. The Morgan fingerprint density at radius 3 is 2.86 bits per heavy atom. The third kappa shape index (κ3) is 4.77. The number of ether oxygens (including phenoxy) is 2. The number of fused-ring (bicyclic) bond motifs is 1. The first-order valence-corrected chi connectivity index (χ1v) is 10.7. The minimum Gasteiger partial charge on any atom is -0.787 e. The van der Waals surface area contributed by atoms with Gasteiger partial charge in [0.25, 0.3) is 0 Å². The summed E-state index contributed by atoms with van der Waals surface area (Å²) in [6, 6.07) is 5.01. The number of hydrogen-bond donors (Lipinski definition) is 2. The van der Waals surface area contributed by atoms with Crippen LogP contribution in [0.3, 0.4) is 0 Å². The van der Waals surface area contributed by atoms with Gasteiger partial charge in [-0.25, -0.2) is 9.78 Å². The molecule has 0 saturated heterocycles. The lowest BCUT2D eigenvalue weighted by atomic mass is 10.1. The molecule has 0 spiro atoms. The maximum absolute atomic E-state index is 12.8. The van der Waals surface area contributed by atoms with Gasteiger partial charge >= 0.3 is 5.97 Å². The molecule has 3 aromatic rings. The molecule has 9 heteroatoms. The summed E-state index contributed by atoms with van der Waals surface area (Å²) >= 11 is 3.60. The van der Waals surface area contributed by atoms with Gasteiger partial charge in [-0.2, -0.15) is 0 Å². The van der Waals surface area contributed by atoms with E-state index in [1.54, 1.807) is 24.4 Å². The van der Waals surface area contributed by atoms with Crippen LogP contribution in [0.2, 0.25) is 0 Å². The zero-order valence-electron chi connectivity index (χ0n) is 15.1. The number of aliphatic hydroxyl groups is 1. The van der Waals surface area contributed by atoms with E-state index in [1.807, 2.05) is 12.3 Å². The fraction of sp³-hybridized carbons (Fsp3) is 0.316. The molecule has 0 aliphatic carbocycles. The van der Waals surface area contributed by atoms with Gasteiger partial charge in [0.05, 0.1) is 30.9 Å². The minimum absolute atomic E-state index is 0.0715. The van der Waals surface area contributed by atoms with Crippen molar-refractivity contribution in [2.45, 2.75) is 10.8 Å². The Hall–Kier alpha value is -1.82. The topological polar surface area (TPSA) is 102 Å². The van der Waals surface area contributed by atoms with E-state index in [1.165, 1.54) is 11.3 Å². The molecule has 1 aromatic carbocycles. The average Bonchev–Trinajstić information content (AvgIpc) is 3.34. The van der Waals surface area contributed by atoms with Crippen LogP contribution in [0.5, 0.6) is 0 Å². The summed E-state index contributed by atoms with van der Waals surface area (Å²) in [7, 11) is 0. The molecular weight excluding hydrogens is 495 g/mol. The number of benzene rings is 1. The fourth-order valence-electron chi connectivity index (χ4n) is 2.57. The van der Waals surface area contributed by atoms with Crippen LogP contribution < -0.4 is 22.6 Å². The lowest BCUT2D eigenvalue weighted by molar-refractivity contribution is -0.421. The molecule has 7 nitrogen and oxygen atoms in total. The number of aliphatic hydroxyl groups excluding tert-OH is 1. The second-order valence-corrected chi connectivity index (χ2v) is 8.68. The molecule has 0 saturated carbocycles. The Bertz CT molecular complexity index is 982. The normalized spacial score (nSPS) is 12.2. The quantitative estimate of drug-likeness (QED) is 0.133. The number of rotatable bonds is 9. The zero-order valence-corrected chi connectivity index (χ0v) is 18.1. The number of ketones is 1. The van der Waals surface area contributed by atoms with Crippen molar-refractivity contribution in [3.05, 3.63) is 51.6 Å². The summed E-state index contributed by atoms with van der Waals surface area (Å²) < 4.78 is 10.4. The van der Waals surface area contributed by atoms with E-state index in [9.17, 15) is 9.59 Å². The van der Waals surface area contributed by atoms with E-state index in [0.29, 0.717) is 21.7 Å². The van der Waals surface area contributed by atoms with Gasteiger partial charge in [0.15, 0.2) is 5.01 Å². The molecule has 3 rings (SSSR count). The number of H-pyrrole nitrogens is 1. The maximum atomic E-state index is 12.8. The van der Waals surface area contributed by atoms with Crippen molar-refractivity contribution in [3.63, 3.8) is 0 Å². The number of nitrogens with one attached hydrogen (secondary N) is 1. The number of hydrogen-bond acceptors (Lipinski definition) is 7. The van der Waals surface area contributed by atoms with Gasteiger partial charge in [-0.15, -0.1) is 15.3 Å². The Morgan fingerprint density at radius 1 is 1.32 bits per heavy atom. The number of aromatic amines is 1. The van der Waals surface area contributed by atoms with Gasteiger partial charge in [-0.05, 0) is 12.1 Å². The molecule has 1 unspecified atom stereocenters. The lowest BCUT2D eigenvalue weighted by Gasteiger charge is -2.11. The van der Waals surface area contributed by atoms with Crippen molar-refractivity contribution in [2.24, 2.45) is 0 Å². The fourth-order valence-corrected chi connectivity index (χ4v) is 4.00. The number of halogens is 1. The summed E-state index contributed by atoms with van der Waals surface area (Å²) in [4.78, 5) is 32.4. The van der Waals surface area contributed by atoms with Crippen LogP contribution in [0.15, 0.2) is 29.8 Å². The number of esters is 1. The van der Waals surface area contributed by atoms with E-state index in [-0.39, 0.29) is 36.1 Å². The van der Waals surface area contributed by atoms with Gasteiger partial charge in [-0.3, -0.25) is 4.79 Å². The van der Waals surface area contributed by atoms with Gasteiger partial charge in [0.1, 0.15) is 6.61 Å². The van der Waals surface area contributed by atoms with Crippen molar-refractivity contribution >= 4 is 34.0 Å². The number of alkyl halides is 1. The number of carbonyl (C=O) groups excluding carboxylic acids is 2. The van der Waals surface area contributed by atoms with Gasteiger partial charge < -0.3 is 42.2 Å². The van der Waals surface area contributed by atoms with E-state index in [0.717, 1.165) is 11.1 Å². The van der Waals surface area contributed by atoms with Crippen molar-refractivity contribution < 1.29 is 46.8 Å². The Morgan fingerprint density at radius 2 is 2.14 bits per heavy atom. The lowest BCUT2D eigenvalue weighted by Crippen LogP contribution is -3.35. The van der Waals surface area contributed by atoms with Crippen LogP contribution in [0, 0.1) is 0 Å². The standard InChI is InChI=1S/C19H19IN2O5S/c1-11(20)16-10-28-18(22-16)17(24)14-9-21-15-8-12(2-3-13(14)15)19(25)27-7-6-26-5-4-23/h2-3,8-11,21,23H,4-7H2,1H3/q-1. The van der Waals surface area contributed by atoms with E-state index < -0.39 is 5.97 Å². The van der Waals surface area contributed by atoms with E-state index >= 15 is 0 Å². The first-order chi connectivity index (χ1) is 13.5. The Balaban J connectivity index is 1.73. The molecule has 28 heavy (non-hydrogen) atoms. The molecule has 149 valence electrons. The van der Waals surface area contributed by atoms with Crippen LogP contribution >= 0.6 is 11.3 Å². The zero-order chi connectivity index (χ0) is 20.1. The highest BCUT2D eigenvalue weighted by atomic mass is 127. The third-order valence-corrected chi connectivity index (χ3v) is 5.48. The number of aromatic nitrogens is 2. The molecule has 0 fully saturated rings. The Labute approximate surface area is 179 Å². The van der Waals surface area contributed by atoms with E-state index in [4.69, 9.17) is 14.6 Å². The van der Waals surface area contributed by atoms with Crippen LogP contribution in [0.25, 0.3) is 10.9 Å². The summed E-state index contributed by atoms with van der Waals surface area (Å²) in [6.07, 6.45) is 1.64. The monoisotopic (exact) mass is 514 g/mol. The van der Waals surface area contributed by atoms with Crippen LogP contribution in [-0.2, 0) is 9.47 Å². The van der Waals surface area contributed by atoms with Crippen LogP contribution in [0.4, 0.5) is 0 Å². The Kier molecular flexibility index (Phi) is 7.16. The first-order valence-electron chi connectivity index (χ1n) is 8.62. The molecule has 0 bridgehead atoms. The van der Waals surface area contributed by atoms with Gasteiger partial charge in [0, 0.05) is 28.2 Å². The molecule has 0 aliphatic heterocycles. The summed E-state index contributed by atoms with van der Waals surface area (Å²) in [5.74, 6) is -0.617. The second kappa shape index (κ2) is 9.59. The summed E-state index contributed by atoms with van der Waals surface area (Å²) in [5.41, 5.74) is 2.47. The minimum atomic E-state index is -0.474. The molecule has 0 amide bonds. The van der Waals surface area contributed by atoms with Crippen molar-refractivity contribution in [1.29, 1.82) is 0 Å². The van der Waals surface area contributed by atoms with Crippen molar-refractivity contribution in [1.82, 2.24) is 9.97 Å². The highest BCUT2D eigenvalue weighted by molar-refractivity contribution is 7.12. The number of thiazole rings is 1. The maximum Gasteiger partial charge on any atom is 0.338 e. The molecule has 2 aromatic heterocycles. The first kappa shape index (κ1) is 20.9. The number of nitrogens with zero attached hydrogens (tertiary/aromatic N) is 1. The van der Waals surface area contributed by atoms with E-state index in [2.05, 4.69) is 32.6 Å². The molecule has 1 atom stereocenters. The van der Waals surface area contributed by atoms with Gasteiger partial charge in [0.2, 0.25) is 5.78 Å². The van der Waals surface area contributed by atoms with Crippen LogP contribution in [0.1, 0.15) is 42.3 Å². The SMILES string of the molecule is CC([I-])c1csc(C(=O)c2c[nH]c3cc(C(=O)OCCOCCO)ccc23)n1. The van der Waals surface area contributed by atoms with Crippen LogP contribution in [-0.4, -0.2) is 53.3 Å². The van der Waals surface area contributed by atoms with Crippen molar-refractivity contribution in [2.75, 3.05) is 26.4 Å². The predicted octanol–water partition coefficient (Wildman–Crippen LogP) is -0.365. The molecule has 2 N–H and O–H groups in total. The summed E-state index contributed by atoms with van der Waals surface area (Å²) in [5, 5.41) is 11.7. The van der Waals surface area contributed by atoms with Crippen molar-refractivity contribution in [3.8, 4) is 0 Å².